The number of nitrogens with zero attached hydrogens (tertiary/aromatic N) is 1. The largest absolute Gasteiger partial charge is 0.467 e. The first-order valence-electron chi connectivity index (χ1n) is 12.6. The molecule has 0 amide bonds. The molecular formula is C30H32N2O6S. The summed E-state index contributed by atoms with van der Waals surface area (Å²) in [5.41, 5.74) is 4.99. The highest BCUT2D eigenvalue weighted by Crippen LogP contribution is 2.38. The third-order valence-electron chi connectivity index (χ3n) is 6.92. The van der Waals surface area contributed by atoms with Crippen molar-refractivity contribution in [2.45, 2.75) is 44.2 Å². The third-order valence-corrected chi connectivity index (χ3v) is 8.77. The van der Waals surface area contributed by atoms with Crippen molar-refractivity contribution in [3.8, 4) is 0 Å². The molecule has 0 aliphatic heterocycles. The second-order valence-corrected chi connectivity index (χ2v) is 11.1. The number of sulfonamides is 1. The molecule has 1 N–H and O–H groups in total. The zero-order valence-electron chi connectivity index (χ0n) is 22.6. The van der Waals surface area contributed by atoms with Gasteiger partial charge in [0.1, 0.15) is 0 Å². The Morgan fingerprint density at radius 2 is 1.49 bits per heavy atom. The summed E-state index contributed by atoms with van der Waals surface area (Å²) in [5, 5.41) is 1.01. The lowest BCUT2D eigenvalue weighted by molar-refractivity contribution is -0.158. The van der Waals surface area contributed by atoms with E-state index in [-0.39, 0.29) is 4.90 Å². The average molecular weight is 549 g/mol. The molecule has 0 bridgehead atoms. The Kier molecular flexibility index (Phi) is 8.22. The highest BCUT2D eigenvalue weighted by atomic mass is 32.2. The molecule has 0 saturated carbocycles. The first-order chi connectivity index (χ1) is 18.6. The number of esters is 2. The van der Waals surface area contributed by atoms with E-state index in [4.69, 9.17) is 9.47 Å². The number of hydrogen-bond donors (Lipinski definition) is 1. The van der Waals surface area contributed by atoms with Gasteiger partial charge in [0.15, 0.2) is 0 Å². The van der Waals surface area contributed by atoms with Crippen LogP contribution in [-0.4, -0.2) is 49.9 Å². The topological polar surface area (TPSA) is 106 Å². The van der Waals surface area contributed by atoms with Crippen LogP contribution in [0.2, 0.25) is 0 Å². The van der Waals surface area contributed by atoms with Gasteiger partial charge in [-0.1, -0.05) is 67.1 Å². The molecule has 0 fully saturated rings. The number of carbonyl (C=O) groups is 2. The van der Waals surface area contributed by atoms with Gasteiger partial charge in [-0.05, 0) is 55.2 Å². The van der Waals surface area contributed by atoms with E-state index in [1.54, 1.807) is 36.4 Å². The number of carbonyl (C=O) groups excluding carboxylic acids is 2. The molecule has 1 heterocycles. The molecule has 1 aromatic heterocycles. The summed E-state index contributed by atoms with van der Waals surface area (Å²) < 4.78 is 39.6. The van der Waals surface area contributed by atoms with Crippen LogP contribution in [0.15, 0.2) is 77.7 Å². The van der Waals surface area contributed by atoms with E-state index in [1.807, 2.05) is 38.1 Å². The van der Waals surface area contributed by atoms with Gasteiger partial charge in [-0.25, -0.2) is 18.0 Å². The maximum absolute atomic E-state index is 14.4. The zero-order chi connectivity index (χ0) is 28.3. The Morgan fingerprint density at radius 3 is 2.05 bits per heavy atom. The molecule has 3 aromatic carbocycles. The predicted molar refractivity (Wildman–Crippen MR) is 149 cm³/mol. The van der Waals surface area contributed by atoms with Gasteiger partial charge in [0.25, 0.3) is 0 Å². The second-order valence-electron chi connectivity index (χ2n) is 9.30. The van der Waals surface area contributed by atoms with Crippen LogP contribution >= 0.6 is 0 Å². The van der Waals surface area contributed by atoms with E-state index >= 15 is 0 Å². The van der Waals surface area contributed by atoms with Crippen molar-refractivity contribution < 1.29 is 27.5 Å². The van der Waals surface area contributed by atoms with Gasteiger partial charge in [0, 0.05) is 16.6 Å². The fraction of sp³-hybridized carbons (Fsp3) is 0.267. The quantitative estimate of drug-likeness (QED) is 0.237. The Hall–Kier alpha value is -3.95. The molecular weight excluding hydrogens is 516 g/mol. The van der Waals surface area contributed by atoms with Crippen LogP contribution in [0.4, 0.5) is 0 Å². The number of methoxy groups -OCH3 is 2. The van der Waals surface area contributed by atoms with Crippen LogP contribution in [0.5, 0.6) is 0 Å². The molecule has 4 rings (SSSR count). The van der Waals surface area contributed by atoms with Gasteiger partial charge in [0.2, 0.25) is 16.1 Å². The molecule has 4 aromatic rings. The highest BCUT2D eigenvalue weighted by Gasteiger charge is 2.47. The van der Waals surface area contributed by atoms with Crippen LogP contribution in [0.1, 0.15) is 40.9 Å². The van der Waals surface area contributed by atoms with Gasteiger partial charge >= 0.3 is 11.9 Å². The molecule has 39 heavy (non-hydrogen) atoms. The van der Waals surface area contributed by atoms with E-state index in [0.29, 0.717) is 11.1 Å². The van der Waals surface area contributed by atoms with Gasteiger partial charge in [0.05, 0.1) is 25.2 Å². The van der Waals surface area contributed by atoms with Crippen molar-refractivity contribution >= 4 is 32.9 Å². The minimum Gasteiger partial charge on any atom is -0.467 e. The molecule has 0 aliphatic rings. The number of rotatable bonds is 9. The van der Waals surface area contributed by atoms with Crippen LogP contribution in [-0.2, 0) is 35.5 Å². The Bertz CT molecular complexity index is 1580. The van der Waals surface area contributed by atoms with Crippen molar-refractivity contribution in [2.75, 3.05) is 14.2 Å². The highest BCUT2D eigenvalue weighted by molar-refractivity contribution is 7.89. The summed E-state index contributed by atoms with van der Waals surface area (Å²) in [7, 11) is -2.25. The van der Waals surface area contributed by atoms with Crippen molar-refractivity contribution in [1.29, 1.82) is 0 Å². The maximum Gasteiger partial charge on any atom is 0.335 e. The summed E-state index contributed by atoms with van der Waals surface area (Å²) >= 11 is 0. The van der Waals surface area contributed by atoms with Crippen LogP contribution in [0, 0.1) is 13.8 Å². The fourth-order valence-electron chi connectivity index (χ4n) is 4.84. The van der Waals surface area contributed by atoms with E-state index in [9.17, 15) is 18.0 Å². The number of benzene rings is 3. The summed E-state index contributed by atoms with van der Waals surface area (Å²) in [6.45, 7) is 5.92. The van der Waals surface area contributed by atoms with Crippen LogP contribution in [0.3, 0.4) is 0 Å². The van der Waals surface area contributed by atoms with Crippen molar-refractivity contribution in [1.82, 2.24) is 9.29 Å². The van der Waals surface area contributed by atoms with Crippen molar-refractivity contribution in [2.24, 2.45) is 0 Å². The first kappa shape index (κ1) is 28.1. The number of H-pyrrole nitrogens is 1. The van der Waals surface area contributed by atoms with Gasteiger partial charge in [-0.3, -0.25) is 0 Å². The number of hydrogen-bond acceptors (Lipinski definition) is 6. The monoisotopic (exact) mass is 548 g/mol. The lowest BCUT2D eigenvalue weighted by atomic mass is 9.96. The summed E-state index contributed by atoms with van der Waals surface area (Å²) in [6, 6.07) is 17.7. The number of aromatic amines is 1. The van der Waals surface area contributed by atoms with Gasteiger partial charge < -0.3 is 14.5 Å². The predicted octanol–water partition coefficient (Wildman–Crippen LogP) is 4.84. The summed E-state index contributed by atoms with van der Waals surface area (Å²) in [5.74, 6) is -2.10. The minimum absolute atomic E-state index is 0.0723. The lowest BCUT2D eigenvalue weighted by Crippen LogP contribution is -2.52. The number of aromatic nitrogens is 1. The fourth-order valence-corrected chi connectivity index (χ4v) is 6.54. The zero-order valence-corrected chi connectivity index (χ0v) is 23.4. The van der Waals surface area contributed by atoms with Gasteiger partial charge in [-0.2, -0.15) is 4.31 Å². The number of ether oxygens (including phenoxy) is 2. The smallest absolute Gasteiger partial charge is 0.335 e. The van der Waals surface area contributed by atoms with Crippen LogP contribution in [0.25, 0.3) is 10.9 Å². The standard InChI is InChI=1S/C30H32N2O6S/c1-6-25-20(3)24-17-14-22(18-26(24)31-25)27(21-10-8-7-9-11-21)32(28(29(33)37-4)30(34)38-5)39(35,36)23-15-12-19(2)13-16-23/h7-18,27-28,31H,6H2,1-5H3. The van der Waals surface area contributed by atoms with E-state index < -0.39 is 34.0 Å². The maximum atomic E-state index is 14.4. The first-order valence-corrected chi connectivity index (χ1v) is 14.0. The molecule has 8 nitrogen and oxygen atoms in total. The number of aryl methyl sites for hydroxylation is 3. The Labute approximate surface area is 228 Å². The SMILES string of the molecule is CCc1[nH]c2cc(C(c3ccccc3)N(C(C(=O)OC)C(=O)OC)S(=O)(=O)c3ccc(C)cc3)ccc2c1C. The average Bonchev–Trinajstić information content (AvgIpc) is 3.27. The molecule has 0 aliphatic carbocycles. The lowest BCUT2D eigenvalue weighted by Gasteiger charge is -2.35. The normalized spacial score (nSPS) is 12.6. The van der Waals surface area contributed by atoms with Crippen molar-refractivity contribution in [3.05, 3.63) is 101 Å². The van der Waals surface area contributed by atoms with E-state index in [0.717, 1.165) is 52.7 Å². The summed E-state index contributed by atoms with van der Waals surface area (Å²) in [6.07, 6.45) is 0.804. The number of nitrogens with one attached hydrogen (secondary N) is 1. The molecule has 0 radical (unpaired) electrons. The minimum atomic E-state index is -4.46. The Morgan fingerprint density at radius 1 is 0.872 bits per heavy atom. The molecule has 9 heteroatoms. The van der Waals surface area contributed by atoms with E-state index in [2.05, 4.69) is 11.9 Å². The molecule has 0 saturated heterocycles. The van der Waals surface area contributed by atoms with Crippen LogP contribution < -0.4 is 0 Å². The Balaban J connectivity index is 2.06. The van der Waals surface area contributed by atoms with E-state index in [1.165, 1.54) is 12.1 Å². The molecule has 1 unspecified atom stereocenters. The second kappa shape index (κ2) is 11.4. The van der Waals surface area contributed by atoms with Crippen molar-refractivity contribution in [3.63, 3.8) is 0 Å². The third kappa shape index (κ3) is 5.32. The van der Waals surface area contributed by atoms with Gasteiger partial charge in [-0.15, -0.1) is 0 Å². The summed E-state index contributed by atoms with van der Waals surface area (Å²) in [4.78, 5) is 29.6. The molecule has 204 valence electrons. The molecule has 0 spiro atoms. The number of fused-ring (bicyclic) bond motifs is 1. The molecule has 1 atom stereocenters.